The first-order valence-electron chi connectivity index (χ1n) is 5.96. The molecule has 2 N–H and O–H groups in total. The van der Waals surface area contributed by atoms with Crippen LogP contribution in [0.4, 0.5) is 4.39 Å². The van der Waals surface area contributed by atoms with Crippen molar-refractivity contribution in [1.82, 2.24) is 0 Å². The summed E-state index contributed by atoms with van der Waals surface area (Å²) in [5.41, 5.74) is 6.42. The summed E-state index contributed by atoms with van der Waals surface area (Å²) in [7, 11) is 0. The van der Waals surface area contributed by atoms with Crippen molar-refractivity contribution >= 4 is 11.6 Å². The van der Waals surface area contributed by atoms with E-state index >= 15 is 0 Å². The van der Waals surface area contributed by atoms with E-state index in [1.807, 2.05) is 0 Å². The van der Waals surface area contributed by atoms with Crippen molar-refractivity contribution in [3.05, 3.63) is 34.6 Å². The quantitative estimate of drug-likeness (QED) is 0.902. The number of hydrogen-bond acceptors (Lipinski definition) is 2. The maximum Gasteiger partial charge on any atom is 0.130 e. The molecule has 1 saturated carbocycles. The van der Waals surface area contributed by atoms with Crippen LogP contribution in [0.2, 0.25) is 5.02 Å². The van der Waals surface area contributed by atoms with Gasteiger partial charge in [0.25, 0.3) is 0 Å². The highest BCUT2D eigenvalue weighted by molar-refractivity contribution is 6.30. The molecule has 1 aliphatic rings. The van der Waals surface area contributed by atoms with E-state index in [4.69, 9.17) is 22.1 Å². The predicted molar refractivity (Wildman–Crippen MR) is 66.4 cm³/mol. The van der Waals surface area contributed by atoms with Crippen molar-refractivity contribution in [2.24, 2.45) is 5.73 Å². The van der Waals surface area contributed by atoms with Crippen molar-refractivity contribution in [3.8, 4) is 0 Å². The molecule has 0 aromatic heterocycles. The molecule has 0 heterocycles. The van der Waals surface area contributed by atoms with Crippen LogP contribution in [0.5, 0.6) is 0 Å². The van der Waals surface area contributed by atoms with E-state index in [0.717, 1.165) is 25.7 Å². The van der Waals surface area contributed by atoms with Crippen LogP contribution in [0, 0.1) is 5.82 Å². The average Bonchev–Trinajstić information content (AvgIpc) is 2.28. The first kappa shape index (κ1) is 12.8. The fourth-order valence-corrected chi connectivity index (χ4v) is 2.34. The Morgan fingerprint density at radius 1 is 1.41 bits per heavy atom. The van der Waals surface area contributed by atoms with Gasteiger partial charge in [-0.25, -0.2) is 4.39 Å². The highest BCUT2D eigenvalue weighted by Gasteiger charge is 2.19. The molecule has 1 aliphatic carbocycles. The summed E-state index contributed by atoms with van der Waals surface area (Å²) in [5.74, 6) is -0.308. The zero-order valence-electron chi connectivity index (χ0n) is 9.66. The minimum Gasteiger partial charge on any atom is -0.373 e. The minimum absolute atomic E-state index is 0.161. The fourth-order valence-electron chi connectivity index (χ4n) is 2.18. The molecule has 17 heavy (non-hydrogen) atoms. The molecule has 0 amide bonds. The topological polar surface area (TPSA) is 35.2 Å². The molecule has 0 bridgehead atoms. The van der Waals surface area contributed by atoms with E-state index in [-0.39, 0.29) is 18.0 Å². The summed E-state index contributed by atoms with van der Waals surface area (Å²) >= 11 is 5.69. The monoisotopic (exact) mass is 257 g/mol. The Balaban J connectivity index is 1.88. The first-order chi connectivity index (χ1) is 8.15. The normalized spacial score (nSPS) is 24.9. The molecule has 1 aromatic rings. The predicted octanol–water partition coefficient (Wildman–Crippen LogP) is 3.27. The molecule has 4 heteroatoms. The number of ether oxygens (including phenoxy) is 1. The molecule has 2 nitrogen and oxygen atoms in total. The van der Waals surface area contributed by atoms with E-state index in [1.165, 1.54) is 6.07 Å². The van der Waals surface area contributed by atoms with Gasteiger partial charge in [0.1, 0.15) is 5.82 Å². The molecule has 2 unspecified atom stereocenters. The smallest absolute Gasteiger partial charge is 0.130 e. The molecule has 2 atom stereocenters. The van der Waals surface area contributed by atoms with Gasteiger partial charge in [0, 0.05) is 16.6 Å². The SMILES string of the molecule is NC1CCCC(OCc2ccc(Cl)cc2F)C1. The third kappa shape index (κ3) is 3.66. The maximum atomic E-state index is 13.5. The van der Waals surface area contributed by atoms with Gasteiger partial charge < -0.3 is 10.5 Å². The summed E-state index contributed by atoms with van der Waals surface area (Å²) in [6.45, 7) is 0.292. The molecule has 0 radical (unpaired) electrons. The van der Waals surface area contributed by atoms with Crippen molar-refractivity contribution in [3.63, 3.8) is 0 Å². The van der Waals surface area contributed by atoms with E-state index < -0.39 is 0 Å². The molecule has 0 spiro atoms. The molecule has 1 aromatic carbocycles. The molecule has 2 rings (SSSR count). The maximum absolute atomic E-state index is 13.5. The zero-order chi connectivity index (χ0) is 12.3. The van der Waals surface area contributed by atoms with Gasteiger partial charge in [-0.05, 0) is 37.8 Å². The number of benzene rings is 1. The number of hydrogen-bond donors (Lipinski definition) is 1. The van der Waals surface area contributed by atoms with Crippen molar-refractivity contribution in [1.29, 1.82) is 0 Å². The van der Waals surface area contributed by atoms with Gasteiger partial charge >= 0.3 is 0 Å². The van der Waals surface area contributed by atoms with Crippen LogP contribution >= 0.6 is 11.6 Å². The van der Waals surface area contributed by atoms with E-state index in [0.29, 0.717) is 17.2 Å². The number of rotatable bonds is 3. The van der Waals surface area contributed by atoms with Gasteiger partial charge in [0.2, 0.25) is 0 Å². The Labute approximate surface area is 106 Å². The Morgan fingerprint density at radius 3 is 2.94 bits per heavy atom. The number of nitrogens with two attached hydrogens (primary N) is 1. The first-order valence-corrected chi connectivity index (χ1v) is 6.34. The van der Waals surface area contributed by atoms with Gasteiger partial charge in [-0.15, -0.1) is 0 Å². The standard InChI is InChI=1S/C13H17ClFNO/c14-10-5-4-9(13(15)6-10)8-17-12-3-1-2-11(16)7-12/h4-6,11-12H,1-3,7-8,16H2. The lowest BCUT2D eigenvalue weighted by molar-refractivity contribution is 0.0110. The van der Waals surface area contributed by atoms with Crippen LogP contribution in [0.1, 0.15) is 31.2 Å². The number of halogens is 2. The highest BCUT2D eigenvalue weighted by atomic mass is 35.5. The Hall–Kier alpha value is -0.640. The largest absolute Gasteiger partial charge is 0.373 e. The average molecular weight is 258 g/mol. The lowest BCUT2D eigenvalue weighted by atomic mass is 9.93. The van der Waals surface area contributed by atoms with E-state index in [2.05, 4.69) is 0 Å². The summed E-state index contributed by atoms with van der Waals surface area (Å²) in [6.07, 6.45) is 4.20. The summed E-state index contributed by atoms with van der Waals surface area (Å²) in [4.78, 5) is 0. The molecular weight excluding hydrogens is 241 g/mol. The van der Waals surface area contributed by atoms with Crippen molar-refractivity contribution < 1.29 is 9.13 Å². The van der Waals surface area contributed by atoms with Crippen LogP contribution in [0.25, 0.3) is 0 Å². The van der Waals surface area contributed by atoms with E-state index in [9.17, 15) is 4.39 Å². The van der Waals surface area contributed by atoms with Crippen LogP contribution in [-0.4, -0.2) is 12.1 Å². The van der Waals surface area contributed by atoms with Crippen molar-refractivity contribution in [2.75, 3.05) is 0 Å². The summed E-state index contributed by atoms with van der Waals surface area (Å²) < 4.78 is 19.2. The van der Waals surface area contributed by atoms with Gasteiger partial charge in [0.05, 0.1) is 12.7 Å². The molecule has 1 fully saturated rings. The molecular formula is C13H17ClFNO. The van der Waals surface area contributed by atoms with E-state index in [1.54, 1.807) is 12.1 Å². The second-order valence-electron chi connectivity index (χ2n) is 4.60. The second kappa shape index (κ2) is 5.80. The zero-order valence-corrected chi connectivity index (χ0v) is 10.4. The Bertz CT molecular complexity index is 386. The van der Waals surface area contributed by atoms with Gasteiger partial charge in [-0.2, -0.15) is 0 Å². The summed E-state index contributed by atoms with van der Waals surface area (Å²) in [6, 6.07) is 4.88. The third-order valence-corrected chi connectivity index (χ3v) is 3.39. The van der Waals surface area contributed by atoms with Crippen LogP contribution in [0.3, 0.4) is 0 Å². The summed E-state index contributed by atoms with van der Waals surface area (Å²) in [5, 5.41) is 0.408. The van der Waals surface area contributed by atoms with Crippen molar-refractivity contribution in [2.45, 2.75) is 44.4 Å². The second-order valence-corrected chi connectivity index (χ2v) is 5.03. The van der Waals surface area contributed by atoms with Gasteiger partial charge in [0.15, 0.2) is 0 Å². The highest BCUT2D eigenvalue weighted by Crippen LogP contribution is 2.22. The third-order valence-electron chi connectivity index (χ3n) is 3.16. The lowest BCUT2D eigenvalue weighted by Gasteiger charge is -2.26. The van der Waals surface area contributed by atoms with Gasteiger partial charge in [-0.1, -0.05) is 17.7 Å². The molecule has 0 aliphatic heterocycles. The minimum atomic E-state index is -0.308. The lowest BCUT2D eigenvalue weighted by Crippen LogP contribution is -2.32. The fraction of sp³-hybridized carbons (Fsp3) is 0.538. The van der Waals surface area contributed by atoms with Crippen LogP contribution in [0.15, 0.2) is 18.2 Å². The Morgan fingerprint density at radius 2 is 2.24 bits per heavy atom. The molecule has 0 saturated heterocycles. The Kier molecular flexibility index (Phi) is 4.37. The van der Waals surface area contributed by atoms with Gasteiger partial charge in [-0.3, -0.25) is 0 Å². The molecule has 94 valence electrons. The van der Waals surface area contributed by atoms with Crippen LogP contribution in [-0.2, 0) is 11.3 Å². The van der Waals surface area contributed by atoms with Crippen LogP contribution < -0.4 is 5.73 Å².